The third-order valence-electron chi connectivity index (χ3n) is 4.72. The van der Waals surface area contributed by atoms with Crippen LogP contribution in [0.15, 0.2) is 6.33 Å². The van der Waals surface area contributed by atoms with Gasteiger partial charge in [-0.05, 0) is 57.5 Å². The van der Waals surface area contributed by atoms with Crippen LogP contribution in [0.25, 0.3) is 0 Å². The summed E-state index contributed by atoms with van der Waals surface area (Å²) in [6, 6.07) is 0. The monoisotopic (exact) mass is 274 g/mol. The van der Waals surface area contributed by atoms with Gasteiger partial charge in [0, 0.05) is 24.3 Å². The van der Waals surface area contributed by atoms with Crippen molar-refractivity contribution in [2.75, 3.05) is 31.5 Å². The zero-order valence-electron chi connectivity index (χ0n) is 12.6. The lowest BCUT2D eigenvalue weighted by Gasteiger charge is -2.30. The lowest BCUT2D eigenvalue weighted by atomic mass is 9.96. The fourth-order valence-electron chi connectivity index (χ4n) is 3.29. The first-order valence-electron chi connectivity index (χ1n) is 8.12. The lowest BCUT2D eigenvalue weighted by Crippen LogP contribution is -2.36. The van der Waals surface area contributed by atoms with Crippen LogP contribution >= 0.6 is 0 Å². The normalized spacial score (nSPS) is 20.6. The highest BCUT2D eigenvalue weighted by molar-refractivity contribution is 5.46. The number of aryl methyl sites for hydroxylation is 1. The first kappa shape index (κ1) is 13.8. The molecule has 4 heteroatoms. The molecule has 1 aliphatic carbocycles. The molecule has 0 spiro atoms. The van der Waals surface area contributed by atoms with E-state index in [-0.39, 0.29) is 0 Å². The van der Waals surface area contributed by atoms with Gasteiger partial charge in [0.2, 0.25) is 0 Å². The Bertz CT molecular complexity index is 438. The molecule has 0 radical (unpaired) electrons. The predicted molar refractivity (Wildman–Crippen MR) is 82.0 cm³/mol. The second-order valence-electron chi connectivity index (χ2n) is 6.31. The molecule has 0 unspecified atom stereocenters. The van der Waals surface area contributed by atoms with E-state index >= 15 is 0 Å². The van der Waals surface area contributed by atoms with Crippen LogP contribution in [0.3, 0.4) is 0 Å². The number of piperidine rings is 1. The highest BCUT2D eigenvalue weighted by Crippen LogP contribution is 2.24. The van der Waals surface area contributed by atoms with Crippen molar-refractivity contribution in [3.63, 3.8) is 0 Å². The van der Waals surface area contributed by atoms with E-state index in [9.17, 15) is 0 Å². The van der Waals surface area contributed by atoms with Gasteiger partial charge in [-0.2, -0.15) is 0 Å². The smallest absolute Gasteiger partial charge is 0.132 e. The third kappa shape index (κ3) is 3.29. The summed E-state index contributed by atoms with van der Waals surface area (Å²) in [5, 5.41) is 3.54. The van der Waals surface area contributed by atoms with Crippen molar-refractivity contribution in [2.24, 2.45) is 5.92 Å². The number of nitrogens with one attached hydrogen (secondary N) is 1. The van der Waals surface area contributed by atoms with Gasteiger partial charge in [-0.3, -0.25) is 0 Å². The molecule has 0 saturated carbocycles. The molecule has 1 saturated heterocycles. The second-order valence-corrected chi connectivity index (χ2v) is 6.31. The van der Waals surface area contributed by atoms with E-state index in [1.54, 1.807) is 6.33 Å². The number of likely N-dealkylation sites (tertiary alicyclic amines) is 1. The predicted octanol–water partition coefficient (Wildman–Crippen LogP) is 2.50. The maximum absolute atomic E-state index is 4.45. The number of hydrogen-bond donors (Lipinski definition) is 1. The van der Waals surface area contributed by atoms with Gasteiger partial charge in [0.1, 0.15) is 12.1 Å². The standard InChI is InChI=1S/C16H26N4/c1-13-6-9-20(10-7-13)11-8-17-16-14-4-2-3-5-15(14)18-12-19-16/h12-13H,2-11H2,1H3,(H,17,18,19). The Morgan fingerprint density at radius 2 is 2.00 bits per heavy atom. The van der Waals surface area contributed by atoms with E-state index in [1.807, 2.05) is 0 Å². The Kier molecular flexibility index (Phi) is 4.51. The minimum absolute atomic E-state index is 0.910. The van der Waals surface area contributed by atoms with Gasteiger partial charge in [-0.25, -0.2) is 9.97 Å². The summed E-state index contributed by atoms with van der Waals surface area (Å²) in [5.74, 6) is 1.99. The van der Waals surface area contributed by atoms with Crippen molar-refractivity contribution < 1.29 is 0 Å². The van der Waals surface area contributed by atoms with Crippen molar-refractivity contribution in [1.29, 1.82) is 0 Å². The molecule has 1 N–H and O–H groups in total. The van der Waals surface area contributed by atoms with Crippen LogP contribution in [-0.4, -0.2) is 41.0 Å². The molecule has 2 aliphatic rings. The Hall–Kier alpha value is -1.16. The van der Waals surface area contributed by atoms with Crippen molar-refractivity contribution in [3.05, 3.63) is 17.6 Å². The molecule has 4 nitrogen and oxygen atoms in total. The Morgan fingerprint density at radius 3 is 2.85 bits per heavy atom. The number of anilines is 1. The number of rotatable bonds is 4. The maximum Gasteiger partial charge on any atom is 0.132 e. The first-order chi connectivity index (χ1) is 9.83. The first-order valence-corrected chi connectivity index (χ1v) is 8.12. The van der Waals surface area contributed by atoms with Gasteiger partial charge >= 0.3 is 0 Å². The molecule has 0 amide bonds. The molecule has 3 rings (SSSR count). The topological polar surface area (TPSA) is 41.0 Å². The van der Waals surface area contributed by atoms with E-state index in [0.29, 0.717) is 0 Å². The van der Waals surface area contributed by atoms with Crippen molar-refractivity contribution in [3.8, 4) is 0 Å². The van der Waals surface area contributed by atoms with Crippen molar-refractivity contribution >= 4 is 5.82 Å². The van der Waals surface area contributed by atoms with Gasteiger partial charge in [0.25, 0.3) is 0 Å². The van der Waals surface area contributed by atoms with Crippen LogP contribution in [0.1, 0.15) is 43.9 Å². The van der Waals surface area contributed by atoms with E-state index in [1.165, 1.54) is 50.0 Å². The van der Waals surface area contributed by atoms with Crippen LogP contribution in [0.4, 0.5) is 5.82 Å². The van der Waals surface area contributed by atoms with Crippen molar-refractivity contribution in [1.82, 2.24) is 14.9 Å². The van der Waals surface area contributed by atoms with Crippen LogP contribution in [0.2, 0.25) is 0 Å². The van der Waals surface area contributed by atoms with Crippen LogP contribution in [0.5, 0.6) is 0 Å². The molecular formula is C16H26N4. The molecule has 1 aliphatic heterocycles. The Balaban J connectivity index is 1.51. The Morgan fingerprint density at radius 1 is 1.20 bits per heavy atom. The molecule has 0 aromatic carbocycles. The van der Waals surface area contributed by atoms with Crippen molar-refractivity contribution in [2.45, 2.75) is 45.4 Å². The molecule has 0 bridgehead atoms. The van der Waals surface area contributed by atoms with Crippen LogP contribution < -0.4 is 5.32 Å². The minimum Gasteiger partial charge on any atom is -0.368 e. The third-order valence-corrected chi connectivity index (χ3v) is 4.72. The summed E-state index contributed by atoms with van der Waals surface area (Å²) in [4.78, 5) is 11.4. The zero-order chi connectivity index (χ0) is 13.8. The number of nitrogens with zero attached hydrogens (tertiary/aromatic N) is 3. The molecule has 2 heterocycles. The highest BCUT2D eigenvalue weighted by atomic mass is 15.1. The zero-order valence-corrected chi connectivity index (χ0v) is 12.6. The minimum atomic E-state index is 0.910. The largest absolute Gasteiger partial charge is 0.368 e. The molecule has 0 atom stereocenters. The van der Waals surface area contributed by atoms with Gasteiger partial charge in [-0.1, -0.05) is 6.92 Å². The van der Waals surface area contributed by atoms with Crippen LogP contribution in [-0.2, 0) is 12.8 Å². The van der Waals surface area contributed by atoms with Gasteiger partial charge < -0.3 is 10.2 Å². The summed E-state index contributed by atoms with van der Waals surface area (Å²) >= 11 is 0. The molecule has 1 aromatic rings. The van der Waals surface area contributed by atoms with Crippen LogP contribution in [0, 0.1) is 5.92 Å². The van der Waals surface area contributed by atoms with Gasteiger partial charge in [-0.15, -0.1) is 0 Å². The average Bonchev–Trinajstić information content (AvgIpc) is 2.49. The average molecular weight is 274 g/mol. The fraction of sp³-hybridized carbons (Fsp3) is 0.750. The molecule has 1 aromatic heterocycles. The number of fused-ring (bicyclic) bond motifs is 1. The highest BCUT2D eigenvalue weighted by Gasteiger charge is 2.17. The molecular weight excluding hydrogens is 248 g/mol. The maximum atomic E-state index is 4.45. The van der Waals surface area contributed by atoms with Gasteiger partial charge in [0.05, 0.1) is 0 Å². The fourth-order valence-corrected chi connectivity index (χ4v) is 3.29. The summed E-state index contributed by atoms with van der Waals surface area (Å²) in [6.45, 7) is 7.00. The summed E-state index contributed by atoms with van der Waals surface area (Å²) in [5.41, 5.74) is 2.63. The van der Waals surface area contributed by atoms with Gasteiger partial charge in [0.15, 0.2) is 0 Å². The Labute approximate surface area is 122 Å². The van der Waals surface area contributed by atoms with E-state index in [2.05, 4.69) is 27.1 Å². The summed E-state index contributed by atoms with van der Waals surface area (Å²) in [6.07, 6.45) is 9.23. The molecule has 1 fully saturated rings. The lowest BCUT2D eigenvalue weighted by molar-refractivity contribution is 0.199. The second kappa shape index (κ2) is 6.53. The number of aromatic nitrogens is 2. The SMILES string of the molecule is CC1CCN(CCNc2ncnc3c2CCCC3)CC1. The molecule has 20 heavy (non-hydrogen) atoms. The summed E-state index contributed by atoms with van der Waals surface area (Å²) < 4.78 is 0. The molecule has 110 valence electrons. The van der Waals surface area contributed by atoms with E-state index in [4.69, 9.17) is 0 Å². The summed E-state index contributed by atoms with van der Waals surface area (Å²) in [7, 11) is 0. The quantitative estimate of drug-likeness (QED) is 0.916. The van der Waals surface area contributed by atoms with E-state index < -0.39 is 0 Å². The van der Waals surface area contributed by atoms with E-state index in [0.717, 1.165) is 37.7 Å². The number of hydrogen-bond acceptors (Lipinski definition) is 4.